The van der Waals surface area contributed by atoms with E-state index in [0.29, 0.717) is 24.4 Å². The van der Waals surface area contributed by atoms with E-state index in [1.54, 1.807) is 21.1 Å². The fourth-order valence-corrected chi connectivity index (χ4v) is 6.96. The molecule has 0 radical (unpaired) electrons. The van der Waals surface area contributed by atoms with Crippen molar-refractivity contribution in [2.75, 3.05) is 20.2 Å². The summed E-state index contributed by atoms with van der Waals surface area (Å²) in [5.74, 6) is 0.599. The van der Waals surface area contributed by atoms with Crippen LogP contribution in [0, 0.1) is 18.8 Å². The second-order valence-corrected chi connectivity index (χ2v) is 9.95. The predicted octanol–water partition coefficient (Wildman–Crippen LogP) is 2.31. The molecular formula is C19H24ClN3O4S. The number of aromatic nitrogens is 2. The van der Waals surface area contributed by atoms with Crippen LogP contribution in [0.5, 0.6) is 5.75 Å². The van der Waals surface area contributed by atoms with Crippen molar-refractivity contribution in [3.8, 4) is 5.75 Å². The number of rotatable bonds is 4. The molecule has 4 rings (SSSR count). The average molecular weight is 426 g/mol. The van der Waals surface area contributed by atoms with Crippen LogP contribution >= 0.6 is 11.6 Å². The van der Waals surface area contributed by atoms with Crippen molar-refractivity contribution in [1.82, 2.24) is 14.1 Å². The Kier molecular flexibility index (Phi) is 4.73. The summed E-state index contributed by atoms with van der Waals surface area (Å²) in [7, 11) is -0.577. The van der Waals surface area contributed by atoms with Gasteiger partial charge in [0.15, 0.2) is 0 Å². The highest BCUT2D eigenvalue weighted by Gasteiger charge is 2.55. The van der Waals surface area contributed by atoms with Gasteiger partial charge in [-0.3, -0.25) is 4.68 Å². The average Bonchev–Trinajstić information content (AvgIpc) is 3.30. The SMILES string of the molecule is COc1cccc([C@]2(O)CC[C@H]3CN(S(=O)(=O)c4c(C)nn(C)c4Cl)C[C@H]32)c1. The fourth-order valence-electron chi connectivity index (χ4n) is 4.74. The molecule has 2 heterocycles. The number of hydrogen-bond donors (Lipinski definition) is 1. The largest absolute Gasteiger partial charge is 0.497 e. The van der Waals surface area contributed by atoms with Crippen molar-refractivity contribution in [2.24, 2.45) is 18.9 Å². The second kappa shape index (κ2) is 6.73. The van der Waals surface area contributed by atoms with Gasteiger partial charge in [0, 0.05) is 26.1 Å². The predicted molar refractivity (Wildman–Crippen MR) is 105 cm³/mol. The van der Waals surface area contributed by atoms with Crippen LogP contribution in [0.2, 0.25) is 5.15 Å². The van der Waals surface area contributed by atoms with Gasteiger partial charge in [-0.15, -0.1) is 0 Å². The Labute approximate surface area is 169 Å². The van der Waals surface area contributed by atoms with Crippen LogP contribution in [-0.4, -0.2) is 47.8 Å². The van der Waals surface area contributed by atoms with Gasteiger partial charge in [-0.1, -0.05) is 23.7 Å². The van der Waals surface area contributed by atoms with E-state index in [0.717, 1.165) is 12.0 Å². The highest BCUT2D eigenvalue weighted by molar-refractivity contribution is 7.89. The van der Waals surface area contributed by atoms with Gasteiger partial charge in [-0.2, -0.15) is 9.40 Å². The van der Waals surface area contributed by atoms with Crippen LogP contribution in [0.25, 0.3) is 0 Å². The molecule has 1 saturated carbocycles. The lowest BCUT2D eigenvalue weighted by atomic mass is 9.82. The van der Waals surface area contributed by atoms with Crippen LogP contribution < -0.4 is 4.74 Å². The second-order valence-electron chi connectivity index (χ2n) is 7.71. The molecule has 1 aromatic carbocycles. The molecule has 28 heavy (non-hydrogen) atoms. The Bertz CT molecular complexity index is 1020. The Hall–Kier alpha value is -1.61. The molecule has 1 aliphatic heterocycles. The Morgan fingerprint density at radius 1 is 1.36 bits per heavy atom. The number of ether oxygens (including phenoxy) is 1. The van der Waals surface area contributed by atoms with Crippen LogP contribution in [0.15, 0.2) is 29.2 Å². The summed E-state index contributed by atoms with van der Waals surface area (Å²) >= 11 is 6.21. The summed E-state index contributed by atoms with van der Waals surface area (Å²) in [4.78, 5) is 0.0570. The molecule has 3 atom stereocenters. The number of aryl methyl sites for hydroxylation is 2. The van der Waals surface area contributed by atoms with Crippen molar-refractivity contribution in [3.05, 3.63) is 40.7 Å². The lowest BCUT2D eigenvalue weighted by molar-refractivity contribution is -0.00416. The summed E-state index contributed by atoms with van der Waals surface area (Å²) in [6, 6.07) is 7.39. The summed E-state index contributed by atoms with van der Waals surface area (Å²) in [6.07, 6.45) is 1.38. The highest BCUT2D eigenvalue weighted by Crippen LogP contribution is 2.52. The van der Waals surface area contributed by atoms with Gasteiger partial charge < -0.3 is 9.84 Å². The smallest absolute Gasteiger partial charge is 0.248 e. The Morgan fingerprint density at radius 2 is 2.11 bits per heavy atom. The molecule has 0 amide bonds. The van der Waals surface area contributed by atoms with Crippen molar-refractivity contribution in [2.45, 2.75) is 30.3 Å². The monoisotopic (exact) mass is 425 g/mol. The first-order chi connectivity index (χ1) is 13.2. The van der Waals surface area contributed by atoms with E-state index in [4.69, 9.17) is 16.3 Å². The van der Waals surface area contributed by atoms with Gasteiger partial charge in [0.05, 0.1) is 18.4 Å². The molecule has 1 aliphatic carbocycles. The van der Waals surface area contributed by atoms with Crippen molar-refractivity contribution < 1.29 is 18.3 Å². The van der Waals surface area contributed by atoms with Crippen LogP contribution in [-0.2, 0) is 22.7 Å². The molecule has 7 nitrogen and oxygen atoms in total. The zero-order valence-electron chi connectivity index (χ0n) is 16.1. The van der Waals surface area contributed by atoms with Crippen molar-refractivity contribution in [1.29, 1.82) is 0 Å². The summed E-state index contributed by atoms with van der Waals surface area (Å²) < 4.78 is 34.6. The van der Waals surface area contributed by atoms with E-state index in [-0.39, 0.29) is 28.4 Å². The summed E-state index contributed by atoms with van der Waals surface area (Å²) in [5.41, 5.74) is 0.0823. The number of halogens is 1. The molecule has 0 unspecified atom stereocenters. The Balaban J connectivity index is 1.66. The first-order valence-electron chi connectivity index (χ1n) is 9.24. The third-order valence-corrected chi connectivity index (χ3v) is 8.71. The van der Waals surface area contributed by atoms with Crippen LogP contribution in [0.1, 0.15) is 24.1 Å². The standard InChI is InChI=1S/C19H24ClN3O4S/c1-12-17(18(20)22(2)21-12)28(25,26)23-10-13-7-8-19(24,16(13)11-23)14-5-4-6-15(9-14)27-3/h4-6,9,13,16,24H,7-8,10-11H2,1-3H3/t13-,16+,19+/m0/s1. The molecule has 2 aliphatic rings. The molecule has 0 spiro atoms. The van der Waals surface area contributed by atoms with Gasteiger partial charge in [0.1, 0.15) is 15.8 Å². The maximum absolute atomic E-state index is 13.3. The molecule has 0 bridgehead atoms. The van der Waals surface area contributed by atoms with Crippen LogP contribution in [0.4, 0.5) is 0 Å². The first kappa shape index (κ1) is 19.7. The summed E-state index contributed by atoms with van der Waals surface area (Å²) in [6.45, 7) is 2.28. The number of aliphatic hydroxyl groups is 1. The molecule has 152 valence electrons. The third-order valence-electron chi connectivity index (χ3n) is 6.18. The lowest BCUT2D eigenvalue weighted by Gasteiger charge is -2.31. The number of fused-ring (bicyclic) bond motifs is 1. The fraction of sp³-hybridized carbons (Fsp3) is 0.526. The molecular weight excluding hydrogens is 402 g/mol. The van der Waals surface area contributed by atoms with E-state index < -0.39 is 15.6 Å². The van der Waals surface area contributed by atoms with E-state index in [2.05, 4.69) is 5.10 Å². The molecule has 2 aromatic rings. The van der Waals surface area contributed by atoms with Crippen molar-refractivity contribution >= 4 is 21.6 Å². The number of hydrogen-bond acceptors (Lipinski definition) is 5. The zero-order valence-corrected chi connectivity index (χ0v) is 17.7. The van der Waals surface area contributed by atoms with E-state index >= 15 is 0 Å². The van der Waals surface area contributed by atoms with Gasteiger partial charge in [0.2, 0.25) is 10.0 Å². The third kappa shape index (κ3) is 2.85. The van der Waals surface area contributed by atoms with Gasteiger partial charge in [-0.05, 0) is 43.4 Å². The molecule has 2 fully saturated rings. The van der Waals surface area contributed by atoms with Gasteiger partial charge >= 0.3 is 0 Å². The number of sulfonamides is 1. The minimum absolute atomic E-state index is 0.0570. The van der Waals surface area contributed by atoms with Crippen LogP contribution in [0.3, 0.4) is 0 Å². The lowest BCUT2D eigenvalue weighted by Crippen LogP contribution is -2.36. The maximum atomic E-state index is 13.3. The first-order valence-corrected chi connectivity index (χ1v) is 11.1. The minimum atomic E-state index is -3.78. The maximum Gasteiger partial charge on any atom is 0.248 e. The number of benzene rings is 1. The quantitative estimate of drug-likeness (QED) is 0.812. The normalized spacial score (nSPS) is 27.9. The number of nitrogens with zero attached hydrogens (tertiary/aromatic N) is 3. The van der Waals surface area contributed by atoms with E-state index in [9.17, 15) is 13.5 Å². The van der Waals surface area contributed by atoms with Gasteiger partial charge in [0.25, 0.3) is 0 Å². The molecule has 1 aromatic heterocycles. The zero-order chi connectivity index (χ0) is 20.3. The highest BCUT2D eigenvalue weighted by atomic mass is 35.5. The molecule has 1 saturated heterocycles. The van der Waals surface area contributed by atoms with E-state index in [1.165, 1.54) is 8.99 Å². The van der Waals surface area contributed by atoms with E-state index in [1.807, 2.05) is 24.3 Å². The van der Waals surface area contributed by atoms with Gasteiger partial charge in [-0.25, -0.2) is 8.42 Å². The molecule has 9 heteroatoms. The van der Waals surface area contributed by atoms with Crippen molar-refractivity contribution in [3.63, 3.8) is 0 Å². The number of methoxy groups -OCH3 is 1. The molecule has 1 N–H and O–H groups in total. The minimum Gasteiger partial charge on any atom is -0.497 e. The Morgan fingerprint density at radius 3 is 2.75 bits per heavy atom. The summed E-state index contributed by atoms with van der Waals surface area (Å²) in [5, 5.41) is 15.7. The topological polar surface area (TPSA) is 84.7 Å².